The zero-order valence-corrected chi connectivity index (χ0v) is 20.0. The van der Waals surface area contributed by atoms with Crippen molar-refractivity contribution in [3.8, 4) is 5.75 Å². The monoisotopic (exact) mass is 522 g/mol. The number of rotatable bonds is 6. The molecule has 166 valence electrons. The Labute approximate surface area is 203 Å². The van der Waals surface area contributed by atoms with E-state index in [1.807, 2.05) is 36.4 Å². The minimum absolute atomic E-state index is 0.134. The highest BCUT2D eigenvalue weighted by molar-refractivity contribution is 9.10. The molecule has 0 saturated carbocycles. The van der Waals surface area contributed by atoms with E-state index in [2.05, 4.69) is 21.2 Å². The van der Waals surface area contributed by atoms with E-state index >= 15 is 0 Å². The molecule has 0 atom stereocenters. The number of ether oxygens (including phenoxy) is 1. The van der Waals surface area contributed by atoms with Gasteiger partial charge in [0.15, 0.2) is 0 Å². The summed E-state index contributed by atoms with van der Waals surface area (Å²) in [6, 6.07) is 21.5. The van der Waals surface area contributed by atoms with E-state index in [0.717, 1.165) is 27.4 Å². The van der Waals surface area contributed by atoms with Crippen LogP contribution in [0.3, 0.4) is 0 Å². The molecule has 3 aromatic carbocycles. The molecule has 33 heavy (non-hydrogen) atoms. The number of hydrogen-bond donors (Lipinski definition) is 1. The predicted octanol–water partition coefficient (Wildman–Crippen LogP) is 5.95. The van der Waals surface area contributed by atoms with E-state index in [0.29, 0.717) is 21.9 Å². The molecule has 0 bridgehead atoms. The van der Waals surface area contributed by atoms with Crippen LogP contribution >= 0.6 is 27.7 Å². The molecule has 1 saturated heterocycles. The van der Waals surface area contributed by atoms with E-state index in [4.69, 9.17) is 4.74 Å². The largest absolute Gasteiger partial charge is 0.495 e. The number of carbonyl (C=O) groups is 3. The van der Waals surface area contributed by atoms with Gasteiger partial charge in [0, 0.05) is 10.0 Å². The summed E-state index contributed by atoms with van der Waals surface area (Å²) in [6.45, 7) is 0.134. The van der Waals surface area contributed by atoms with E-state index in [1.165, 1.54) is 4.90 Å². The van der Waals surface area contributed by atoms with Crippen molar-refractivity contribution in [1.29, 1.82) is 0 Å². The van der Waals surface area contributed by atoms with Crippen molar-refractivity contribution >= 4 is 56.5 Å². The second-order valence-electron chi connectivity index (χ2n) is 7.17. The van der Waals surface area contributed by atoms with Gasteiger partial charge in [-0.25, -0.2) is 0 Å². The van der Waals surface area contributed by atoms with E-state index < -0.39 is 0 Å². The van der Waals surface area contributed by atoms with Gasteiger partial charge in [0.1, 0.15) is 5.75 Å². The summed E-state index contributed by atoms with van der Waals surface area (Å²) in [7, 11) is 1.54. The number of thioether (sulfide) groups is 1. The van der Waals surface area contributed by atoms with Crippen LogP contribution in [0.5, 0.6) is 5.75 Å². The number of nitrogens with zero attached hydrogens (tertiary/aromatic N) is 1. The quantitative estimate of drug-likeness (QED) is 0.405. The van der Waals surface area contributed by atoms with Crippen molar-refractivity contribution in [2.75, 3.05) is 12.4 Å². The van der Waals surface area contributed by atoms with Crippen molar-refractivity contribution in [1.82, 2.24) is 4.90 Å². The summed E-state index contributed by atoms with van der Waals surface area (Å²) < 4.78 is 6.15. The molecule has 0 aliphatic carbocycles. The Morgan fingerprint density at radius 2 is 1.82 bits per heavy atom. The Morgan fingerprint density at radius 3 is 2.55 bits per heavy atom. The summed E-state index contributed by atoms with van der Waals surface area (Å²) in [5, 5.41) is 2.50. The molecule has 3 aromatic rings. The van der Waals surface area contributed by atoms with Crippen LogP contribution in [0.15, 0.2) is 82.2 Å². The van der Waals surface area contributed by atoms with Crippen molar-refractivity contribution in [2.24, 2.45) is 0 Å². The summed E-state index contributed by atoms with van der Waals surface area (Å²) in [6.07, 6.45) is 1.71. The molecule has 0 aromatic heterocycles. The molecule has 0 spiro atoms. The lowest BCUT2D eigenvalue weighted by molar-refractivity contribution is -0.123. The molecule has 8 heteroatoms. The SMILES string of the molecule is COc1ccccc1NC(=O)c1ccc(CN2C(=O)S/C(=C\c3cccc(Br)c3)C2=O)cc1. The van der Waals surface area contributed by atoms with Crippen LogP contribution < -0.4 is 10.1 Å². The second-order valence-corrected chi connectivity index (χ2v) is 9.08. The second kappa shape index (κ2) is 10.1. The topological polar surface area (TPSA) is 75.7 Å². The van der Waals surface area contributed by atoms with Crippen LogP contribution in [0.4, 0.5) is 10.5 Å². The van der Waals surface area contributed by atoms with Gasteiger partial charge in [-0.3, -0.25) is 19.3 Å². The minimum Gasteiger partial charge on any atom is -0.495 e. The summed E-state index contributed by atoms with van der Waals surface area (Å²) >= 11 is 4.32. The van der Waals surface area contributed by atoms with Gasteiger partial charge in [-0.2, -0.15) is 0 Å². The molecule has 1 aliphatic heterocycles. The van der Waals surface area contributed by atoms with Crippen LogP contribution in [-0.4, -0.2) is 29.1 Å². The lowest BCUT2D eigenvalue weighted by Crippen LogP contribution is -2.27. The number of para-hydroxylation sites is 2. The Morgan fingerprint density at radius 1 is 1.06 bits per heavy atom. The summed E-state index contributed by atoms with van der Waals surface area (Å²) in [5.41, 5.74) is 2.60. The van der Waals surface area contributed by atoms with Gasteiger partial charge >= 0.3 is 0 Å². The number of benzene rings is 3. The molecule has 1 aliphatic rings. The van der Waals surface area contributed by atoms with Gasteiger partial charge in [0.25, 0.3) is 17.1 Å². The maximum Gasteiger partial charge on any atom is 0.293 e. The van der Waals surface area contributed by atoms with Gasteiger partial charge in [0.05, 0.1) is 24.2 Å². The van der Waals surface area contributed by atoms with Crippen LogP contribution in [0, 0.1) is 0 Å². The van der Waals surface area contributed by atoms with Gasteiger partial charge in [-0.05, 0) is 65.4 Å². The first-order chi connectivity index (χ1) is 15.9. The Balaban J connectivity index is 1.44. The fourth-order valence-corrected chi connectivity index (χ4v) is 4.53. The van der Waals surface area contributed by atoms with Crippen molar-refractivity contribution in [2.45, 2.75) is 6.54 Å². The number of carbonyl (C=O) groups excluding carboxylic acids is 3. The van der Waals surface area contributed by atoms with Crippen LogP contribution in [0.1, 0.15) is 21.5 Å². The third-order valence-electron chi connectivity index (χ3n) is 4.93. The minimum atomic E-state index is -0.331. The average Bonchev–Trinajstić information content (AvgIpc) is 3.07. The fraction of sp³-hybridized carbons (Fsp3) is 0.0800. The lowest BCUT2D eigenvalue weighted by atomic mass is 10.1. The van der Waals surface area contributed by atoms with Crippen molar-refractivity contribution < 1.29 is 19.1 Å². The Hall–Kier alpha value is -3.36. The van der Waals surface area contributed by atoms with Crippen molar-refractivity contribution in [3.05, 3.63) is 98.9 Å². The highest BCUT2D eigenvalue weighted by Crippen LogP contribution is 2.33. The molecule has 4 rings (SSSR count). The maximum atomic E-state index is 12.8. The Bertz CT molecular complexity index is 1260. The normalized spacial score (nSPS) is 14.6. The van der Waals surface area contributed by atoms with Crippen LogP contribution in [0.2, 0.25) is 0 Å². The average molecular weight is 523 g/mol. The zero-order chi connectivity index (χ0) is 23.4. The lowest BCUT2D eigenvalue weighted by Gasteiger charge is -2.13. The highest BCUT2D eigenvalue weighted by Gasteiger charge is 2.35. The molecule has 0 radical (unpaired) electrons. The molecular weight excluding hydrogens is 504 g/mol. The molecular formula is C25H19BrN2O4S. The van der Waals surface area contributed by atoms with Gasteiger partial charge in [-0.15, -0.1) is 0 Å². The van der Waals surface area contributed by atoms with E-state index in [1.54, 1.807) is 49.6 Å². The third kappa shape index (κ3) is 5.35. The van der Waals surface area contributed by atoms with Crippen LogP contribution in [-0.2, 0) is 11.3 Å². The molecule has 6 nitrogen and oxygen atoms in total. The van der Waals surface area contributed by atoms with Gasteiger partial charge in [-0.1, -0.05) is 52.3 Å². The summed E-state index contributed by atoms with van der Waals surface area (Å²) in [5.74, 6) is -0.0464. The first-order valence-electron chi connectivity index (χ1n) is 9.99. The molecule has 1 N–H and O–H groups in total. The number of imide groups is 1. The molecule has 3 amide bonds. The highest BCUT2D eigenvalue weighted by atomic mass is 79.9. The fourth-order valence-electron chi connectivity index (χ4n) is 3.27. The number of anilines is 1. The first kappa shape index (κ1) is 22.8. The van der Waals surface area contributed by atoms with Gasteiger partial charge in [0.2, 0.25) is 0 Å². The molecule has 1 heterocycles. The number of hydrogen-bond acceptors (Lipinski definition) is 5. The zero-order valence-electron chi connectivity index (χ0n) is 17.6. The molecule has 0 unspecified atom stereocenters. The van der Waals surface area contributed by atoms with Crippen LogP contribution in [0.25, 0.3) is 6.08 Å². The number of methoxy groups -OCH3 is 1. The smallest absolute Gasteiger partial charge is 0.293 e. The molecule has 1 fully saturated rings. The number of nitrogens with one attached hydrogen (secondary N) is 1. The third-order valence-corrected chi connectivity index (χ3v) is 6.33. The van der Waals surface area contributed by atoms with E-state index in [-0.39, 0.29) is 23.6 Å². The van der Waals surface area contributed by atoms with E-state index in [9.17, 15) is 14.4 Å². The maximum absolute atomic E-state index is 12.8. The number of halogens is 1. The predicted molar refractivity (Wildman–Crippen MR) is 133 cm³/mol. The van der Waals surface area contributed by atoms with Gasteiger partial charge < -0.3 is 10.1 Å². The Kier molecular flexibility index (Phi) is 6.96. The number of amides is 3. The van der Waals surface area contributed by atoms with Crippen molar-refractivity contribution in [3.63, 3.8) is 0 Å². The standard InChI is InChI=1S/C25H19BrN2O4S/c1-32-21-8-3-2-7-20(21)27-23(29)18-11-9-16(10-12-18)15-28-24(30)22(33-25(28)31)14-17-5-4-6-19(26)13-17/h2-14H,15H2,1H3,(H,27,29)/b22-14-. The first-order valence-corrected chi connectivity index (χ1v) is 11.6. The summed E-state index contributed by atoms with van der Waals surface area (Å²) in [4.78, 5) is 39.4.